The molecule has 4 rings (SSSR count). The number of hydrogen-bond donors (Lipinski definition) is 0. The summed E-state index contributed by atoms with van der Waals surface area (Å²) in [5.74, 6) is 1.94. The summed E-state index contributed by atoms with van der Waals surface area (Å²) < 4.78 is 5.02. The largest absolute Gasteiger partial charge is 0.296 e. The second kappa shape index (κ2) is 8.67. The number of piperidine rings is 1. The second-order valence-corrected chi connectivity index (χ2v) is 8.33. The lowest BCUT2D eigenvalue weighted by Gasteiger charge is -2.25. The SMILES string of the molecule is CCN(CC1CC1)Cn1nc(CN2CCCCC2)n(-c2ccccc2)c1=S. The molecular weight excluding hydrogens is 354 g/mol. The summed E-state index contributed by atoms with van der Waals surface area (Å²) >= 11 is 5.88. The summed E-state index contributed by atoms with van der Waals surface area (Å²) in [6.07, 6.45) is 6.68. The summed E-state index contributed by atoms with van der Waals surface area (Å²) in [5, 5.41) is 4.99. The fourth-order valence-corrected chi connectivity index (χ4v) is 4.25. The van der Waals surface area contributed by atoms with Gasteiger partial charge in [0.05, 0.1) is 13.2 Å². The van der Waals surface area contributed by atoms with E-state index in [4.69, 9.17) is 17.3 Å². The highest BCUT2D eigenvalue weighted by atomic mass is 32.1. The maximum atomic E-state index is 5.88. The van der Waals surface area contributed by atoms with Crippen LogP contribution in [0.5, 0.6) is 0 Å². The van der Waals surface area contributed by atoms with Gasteiger partial charge in [-0.15, -0.1) is 0 Å². The van der Waals surface area contributed by atoms with E-state index in [-0.39, 0.29) is 0 Å². The molecule has 0 spiro atoms. The minimum atomic E-state index is 0.790. The normalized spacial score (nSPS) is 18.3. The molecule has 2 aromatic rings. The molecule has 1 aliphatic carbocycles. The first kappa shape index (κ1) is 18.8. The molecule has 2 aliphatic rings. The first-order valence-electron chi connectivity index (χ1n) is 10.4. The Labute approximate surface area is 167 Å². The van der Waals surface area contributed by atoms with Gasteiger partial charge in [-0.1, -0.05) is 31.5 Å². The summed E-state index contributed by atoms with van der Waals surface area (Å²) in [5.41, 5.74) is 1.12. The van der Waals surface area contributed by atoms with Crippen LogP contribution >= 0.6 is 12.2 Å². The van der Waals surface area contributed by atoms with E-state index in [1.54, 1.807) is 0 Å². The topological polar surface area (TPSA) is 29.2 Å². The van der Waals surface area contributed by atoms with E-state index >= 15 is 0 Å². The lowest BCUT2D eigenvalue weighted by molar-refractivity contribution is 0.201. The third-order valence-electron chi connectivity index (χ3n) is 5.73. The molecule has 1 aromatic heterocycles. The first-order chi connectivity index (χ1) is 13.2. The van der Waals surface area contributed by atoms with Crippen LogP contribution in [-0.4, -0.2) is 50.3 Å². The van der Waals surface area contributed by atoms with Gasteiger partial charge < -0.3 is 0 Å². The summed E-state index contributed by atoms with van der Waals surface area (Å²) in [6, 6.07) is 10.5. The Morgan fingerprint density at radius 2 is 1.85 bits per heavy atom. The minimum absolute atomic E-state index is 0.790. The van der Waals surface area contributed by atoms with Gasteiger partial charge in [-0.05, 0) is 75.6 Å². The van der Waals surface area contributed by atoms with Crippen molar-refractivity contribution in [2.45, 2.75) is 52.2 Å². The standard InChI is InChI=1S/C21H31N5S/c1-2-23(15-18-11-12-18)17-25-21(27)26(19-9-5-3-6-10-19)20(22-25)16-24-13-7-4-8-14-24/h3,5-6,9-10,18H,2,4,7-8,11-17H2,1H3. The average Bonchev–Trinajstić information content (AvgIpc) is 3.47. The van der Waals surface area contributed by atoms with Crippen LogP contribution in [0, 0.1) is 10.7 Å². The Morgan fingerprint density at radius 1 is 1.11 bits per heavy atom. The van der Waals surface area contributed by atoms with Gasteiger partial charge in [0.15, 0.2) is 5.82 Å². The zero-order chi connectivity index (χ0) is 18.6. The summed E-state index contributed by atoms with van der Waals surface area (Å²) in [6.45, 7) is 8.43. The first-order valence-corrected chi connectivity index (χ1v) is 10.8. The van der Waals surface area contributed by atoms with Gasteiger partial charge >= 0.3 is 0 Å². The van der Waals surface area contributed by atoms with Crippen LogP contribution in [0.1, 0.15) is 44.9 Å². The van der Waals surface area contributed by atoms with E-state index in [1.165, 1.54) is 32.1 Å². The zero-order valence-electron chi connectivity index (χ0n) is 16.4. The van der Waals surface area contributed by atoms with Crippen LogP contribution in [0.4, 0.5) is 0 Å². The molecule has 2 fully saturated rings. The van der Waals surface area contributed by atoms with Gasteiger partial charge in [-0.2, -0.15) is 5.10 Å². The van der Waals surface area contributed by atoms with Crippen molar-refractivity contribution in [1.29, 1.82) is 0 Å². The monoisotopic (exact) mass is 385 g/mol. The second-order valence-electron chi connectivity index (χ2n) is 7.96. The molecule has 0 radical (unpaired) electrons. The molecule has 0 unspecified atom stereocenters. The van der Waals surface area contributed by atoms with E-state index in [0.29, 0.717) is 0 Å². The maximum Gasteiger partial charge on any atom is 0.203 e. The molecule has 0 atom stereocenters. The van der Waals surface area contributed by atoms with Gasteiger partial charge in [-0.25, -0.2) is 4.68 Å². The lowest BCUT2D eigenvalue weighted by atomic mass is 10.1. The Morgan fingerprint density at radius 3 is 2.52 bits per heavy atom. The molecule has 5 nitrogen and oxygen atoms in total. The van der Waals surface area contributed by atoms with E-state index in [9.17, 15) is 0 Å². The highest BCUT2D eigenvalue weighted by molar-refractivity contribution is 7.71. The number of rotatable bonds is 8. The lowest BCUT2D eigenvalue weighted by Crippen LogP contribution is -2.30. The Balaban J connectivity index is 1.62. The Bertz CT molecular complexity index is 787. The van der Waals surface area contributed by atoms with Gasteiger partial charge in [0, 0.05) is 12.2 Å². The highest BCUT2D eigenvalue weighted by Crippen LogP contribution is 2.29. The molecule has 27 heavy (non-hydrogen) atoms. The molecule has 0 N–H and O–H groups in total. The molecule has 1 aromatic carbocycles. The third-order valence-corrected chi connectivity index (χ3v) is 6.12. The number of likely N-dealkylation sites (tertiary alicyclic amines) is 1. The molecular formula is C21H31N5S. The molecule has 1 saturated heterocycles. The highest BCUT2D eigenvalue weighted by Gasteiger charge is 2.24. The van der Waals surface area contributed by atoms with Crippen molar-refractivity contribution in [3.8, 4) is 5.69 Å². The minimum Gasteiger partial charge on any atom is -0.296 e. The van der Waals surface area contributed by atoms with Crippen LogP contribution in [-0.2, 0) is 13.2 Å². The molecule has 146 valence electrons. The zero-order valence-corrected chi connectivity index (χ0v) is 17.2. The maximum absolute atomic E-state index is 5.88. The van der Waals surface area contributed by atoms with Crippen molar-refractivity contribution in [3.05, 3.63) is 40.9 Å². The van der Waals surface area contributed by atoms with Crippen molar-refractivity contribution in [2.24, 2.45) is 5.92 Å². The fourth-order valence-electron chi connectivity index (χ4n) is 3.94. The van der Waals surface area contributed by atoms with Crippen LogP contribution in [0.15, 0.2) is 30.3 Å². The molecule has 1 aliphatic heterocycles. The van der Waals surface area contributed by atoms with E-state index in [2.05, 4.69) is 51.6 Å². The molecule has 0 bridgehead atoms. The van der Waals surface area contributed by atoms with Crippen LogP contribution < -0.4 is 0 Å². The van der Waals surface area contributed by atoms with Crippen molar-refractivity contribution in [3.63, 3.8) is 0 Å². The predicted molar refractivity (Wildman–Crippen MR) is 111 cm³/mol. The smallest absolute Gasteiger partial charge is 0.203 e. The van der Waals surface area contributed by atoms with Crippen LogP contribution in [0.2, 0.25) is 0 Å². The van der Waals surface area contributed by atoms with Crippen molar-refractivity contribution >= 4 is 12.2 Å². The number of hydrogen-bond acceptors (Lipinski definition) is 4. The van der Waals surface area contributed by atoms with Gasteiger partial charge in [-0.3, -0.25) is 14.4 Å². The van der Waals surface area contributed by atoms with Crippen molar-refractivity contribution in [2.75, 3.05) is 26.2 Å². The number of benzene rings is 1. The number of aromatic nitrogens is 3. The molecule has 1 saturated carbocycles. The van der Waals surface area contributed by atoms with E-state index in [0.717, 1.165) is 61.6 Å². The van der Waals surface area contributed by atoms with Crippen molar-refractivity contribution < 1.29 is 0 Å². The van der Waals surface area contributed by atoms with Crippen LogP contribution in [0.3, 0.4) is 0 Å². The molecule has 6 heteroatoms. The average molecular weight is 386 g/mol. The third kappa shape index (κ3) is 4.68. The Hall–Kier alpha value is -1.50. The fraction of sp³-hybridized carbons (Fsp3) is 0.619. The quantitative estimate of drug-likeness (QED) is 0.641. The van der Waals surface area contributed by atoms with Gasteiger partial charge in [0.25, 0.3) is 0 Å². The van der Waals surface area contributed by atoms with Crippen molar-refractivity contribution in [1.82, 2.24) is 24.1 Å². The molecule has 2 heterocycles. The number of nitrogens with zero attached hydrogens (tertiary/aromatic N) is 5. The van der Waals surface area contributed by atoms with E-state index < -0.39 is 0 Å². The van der Waals surface area contributed by atoms with Gasteiger partial charge in [0.1, 0.15) is 0 Å². The predicted octanol–water partition coefficient (Wildman–Crippen LogP) is 4.08. The molecule has 0 amide bonds. The summed E-state index contributed by atoms with van der Waals surface area (Å²) in [7, 11) is 0. The summed E-state index contributed by atoms with van der Waals surface area (Å²) in [4.78, 5) is 4.99. The number of para-hydroxylation sites is 1. The van der Waals surface area contributed by atoms with Crippen LogP contribution in [0.25, 0.3) is 5.69 Å². The van der Waals surface area contributed by atoms with Gasteiger partial charge in [0.2, 0.25) is 4.77 Å². The Kier molecular flexibility index (Phi) is 6.05. The van der Waals surface area contributed by atoms with E-state index in [1.807, 2.05) is 4.68 Å².